The van der Waals surface area contributed by atoms with Gasteiger partial charge in [-0.15, -0.1) is 0 Å². The molecule has 1 atom stereocenters. The molecule has 0 radical (unpaired) electrons. The number of rotatable bonds is 6. The fourth-order valence-electron chi connectivity index (χ4n) is 4.67. The fourth-order valence-corrected chi connectivity index (χ4v) is 4.67. The summed E-state index contributed by atoms with van der Waals surface area (Å²) in [6, 6.07) is 15.8. The quantitative estimate of drug-likeness (QED) is 0.529. The Bertz CT molecular complexity index is 944. The number of hydrogen-bond donors (Lipinski definition) is 0. The Labute approximate surface area is 162 Å². The number of aliphatic imine (C=N–C) groups is 1. The number of fused-ring (bicyclic) bond motifs is 2. The van der Waals surface area contributed by atoms with Gasteiger partial charge in [-0.2, -0.15) is 0 Å². The van der Waals surface area contributed by atoms with Crippen LogP contribution in [0.2, 0.25) is 0 Å². The normalized spacial score (nSPS) is 18.4. The van der Waals surface area contributed by atoms with E-state index in [-0.39, 0.29) is 0 Å². The average Bonchev–Trinajstić information content (AvgIpc) is 3.24. The van der Waals surface area contributed by atoms with Crippen LogP contribution in [0, 0.1) is 0 Å². The molecule has 0 fully saturated rings. The van der Waals surface area contributed by atoms with Gasteiger partial charge in [0, 0.05) is 24.3 Å². The predicted molar refractivity (Wildman–Crippen MR) is 116 cm³/mol. The van der Waals surface area contributed by atoms with Gasteiger partial charge in [-0.05, 0) is 72.1 Å². The molecule has 2 aliphatic rings. The van der Waals surface area contributed by atoms with Crippen molar-refractivity contribution in [3.8, 4) is 0 Å². The lowest BCUT2D eigenvalue weighted by Gasteiger charge is -2.16. The lowest BCUT2D eigenvalue weighted by molar-refractivity contribution is 0.801. The molecular weight excluding hydrogens is 326 g/mol. The van der Waals surface area contributed by atoms with Crippen LogP contribution in [-0.2, 0) is 19.3 Å². The molecule has 0 aliphatic heterocycles. The van der Waals surface area contributed by atoms with E-state index in [9.17, 15) is 0 Å². The van der Waals surface area contributed by atoms with Gasteiger partial charge in [0.1, 0.15) is 0 Å². The largest absolute Gasteiger partial charge is 0.262 e. The van der Waals surface area contributed by atoms with E-state index in [2.05, 4.69) is 67.5 Å². The minimum Gasteiger partial charge on any atom is -0.262 e. The van der Waals surface area contributed by atoms with Crippen molar-refractivity contribution < 1.29 is 0 Å². The Hall–Kier alpha value is -2.67. The van der Waals surface area contributed by atoms with E-state index in [1.807, 2.05) is 6.08 Å². The summed E-state index contributed by atoms with van der Waals surface area (Å²) in [6.07, 6.45) is 9.10. The summed E-state index contributed by atoms with van der Waals surface area (Å²) in [7, 11) is 0. The minimum absolute atomic E-state index is 0.457. The molecule has 1 nitrogen and oxygen atoms in total. The van der Waals surface area contributed by atoms with Crippen LogP contribution >= 0.6 is 0 Å². The number of aryl methyl sites for hydroxylation is 2. The Kier molecular flexibility index (Phi) is 4.94. The molecule has 1 heteroatoms. The SMILES string of the molecule is C=CN=C(C=C)CC1=C(C)C(Cc2ccccc2)c2cc3c(cc21)CCC3. The molecule has 0 heterocycles. The van der Waals surface area contributed by atoms with Gasteiger partial charge in [0.05, 0.1) is 0 Å². The molecule has 136 valence electrons. The summed E-state index contributed by atoms with van der Waals surface area (Å²) < 4.78 is 0. The highest BCUT2D eigenvalue weighted by Gasteiger charge is 2.31. The molecule has 4 rings (SSSR count). The smallest absolute Gasteiger partial charge is 0.0441 e. The first kappa shape index (κ1) is 17.7. The molecule has 0 saturated heterocycles. The number of hydrogen-bond acceptors (Lipinski definition) is 1. The first-order chi connectivity index (χ1) is 13.2. The Morgan fingerprint density at radius 3 is 2.56 bits per heavy atom. The second kappa shape index (κ2) is 7.52. The van der Waals surface area contributed by atoms with Gasteiger partial charge >= 0.3 is 0 Å². The fraction of sp³-hybridized carbons (Fsp3) is 0.269. The second-order valence-corrected chi connectivity index (χ2v) is 7.65. The van der Waals surface area contributed by atoms with Gasteiger partial charge in [0.15, 0.2) is 0 Å². The molecule has 0 aromatic heterocycles. The maximum absolute atomic E-state index is 4.42. The van der Waals surface area contributed by atoms with Crippen LogP contribution in [0.3, 0.4) is 0 Å². The van der Waals surface area contributed by atoms with Crippen molar-refractivity contribution >= 4 is 11.3 Å². The molecule has 2 aliphatic carbocycles. The molecule has 0 saturated carbocycles. The van der Waals surface area contributed by atoms with E-state index in [0.717, 1.165) is 18.6 Å². The van der Waals surface area contributed by atoms with Gasteiger partial charge in [-0.3, -0.25) is 4.99 Å². The van der Waals surface area contributed by atoms with Crippen molar-refractivity contribution in [2.45, 2.75) is 44.9 Å². The molecular formula is C26H27N. The van der Waals surface area contributed by atoms with Crippen LogP contribution in [0.5, 0.6) is 0 Å². The van der Waals surface area contributed by atoms with Crippen molar-refractivity contribution in [3.63, 3.8) is 0 Å². The van der Waals surface area contributed by atoms with Crippen LogP contribution < -0.4 is 0 Å². The summed E-state index contributed by atoms with van der Waals surface area (Å²) in [4.78, 5) is 4.42. The van der Waals surface area contributed by atoms with Crippen molar-refractivity contribution in [2.75, 3.05) is 0 Å². The average molecular weight is 354 g/mol. The van der Waals surface area contributed by atoms with Crippen LogP contribution in [0.1, 0.15) is 53.5 Å². The zero-order valence-electron chi connectivity index (χ0n) is 16.2. The zero-order valence-corrected chi connectivity index (χ0v) is 16.2. The third-order valence-electron chi connectivity index (χ3n) is 6.10. The molecule has 0 bridgehead atoms. The van der Waals surface area contributed by atoms with Crippen LogP contribution in [-0.4, -0.2) is 5.71 Å². The van der Waals surface area contributed by atoms with Gasteiger partial charge < -0.3 is 0 Å². The maximum Gasteiger partial charge on any atom is 0.0441 e. The topological polar surface area (TPSA) is 12.4 Å². The molecule has 0 spiro atoms. The van der Waals surface area contributed by atoms with E-state index in [0.29, 0.717) is 5.92 Å². The van der Waals surface area contributed by atoms with E-state index in [1.165, 1.54) is 47.1 Å². The van der Waals surface area contributed by atoms with E-state index < -0.39 is 0 Å². The standard InChI is InChI=1S/C26H27N/c1-4-22(27-5-2)17-24-18(3)23(14-19-10-7-6-8-11-19)25-15-20-12-9-13-21(20)16-26(24)25/h4-8,10-11,15-16,23H,1-2,9,12-14,17H2,3H3. The molecule has 1 unspecified atom stereocenters. The predicted octanol–water partition coefficient (Wildman–Crippen LogP) is 6.45. The summed E-state index contributed by atoms with van der Waals surface area (Å²) in [6.45, 7) is 10.0. The number of allylic oxidation sites excluding steroid dienone is 3. The van der Waals surface area contributed by atoms with Gasteiger partial charge in [0.25, 0.3) is 0 Å². The van der Waals surface area contributed by atoms with Crippen molar-refractivity contribution in [2.24, 2.45) is 4.99 Å². The van der Waals surface area contributed by atoms with E-state index in [4.69, 9.17) is 0 Å². The summed E-state index contributed by atoms with van der Waals surface area (Å²) in [5, 5.41) is 0. The van der Waals surface area contributed by atoms with E-state index >= 15 is 0 Å². The Balaban J connectivity index is 1.78. The number of nitrogens with zero attached hydrogens (tertiary/aromatic N) is 1. The van der Waals surface area contributed by atoms with Crippen molar-refractivity contribution in [3.05, 3.63) is 101 Å². The van der Waals surface area contributed by atoms with Crippen LogP contribution in [0.25, 0.3) is 5.57 Å². The maximum atomic E-state index is 4.42. The summed E-state index contributed by atoms with van der Waals surface area (Å²) >= 11 is 0. The molecule has 0 amide bonds. The lowest BCUT2D eigenvalue weighted by atomic mass is 9.88. The van der Waals surface area contributed by atoms with Crippen LogP contribution in [0.15, 0.2) is 78.5 Å². The highest BCUT2D eigenvalue weighted by atomic mass is 14.7. The van der Waals surface area contributed by atoms with E-state index in [1.54, 1.807) is 17.3 Å². The summed E-state index contributed by atoms with van der Waals surface area (Å²) in [5.74, 6) is 0.457. The highest BCUT2D eigenvalue weighted by Crippen LogP contribution is 2.47. The Morgan fingerprint density at radius 2 is 1.85 bits per heavy atom. The number of benzene rings is 2. The Morgan fingerprint density at radius 1 is 1.11 bits per heavy atom. The molecule has 2 aromatic rings. The first-order valence-electron chi connectivity index (χ1n) is 9.91. The minimum atomic E-state index is 0.457. The van der Waals surface area contributed by atoms with Gasteiger partial charge in [0.2, 0.25) is 0 Å². The lowest BCUT2D eigenvalue weighted by Crippen LogP contribution is -2.02. The monoisotopic (exact) mass is 353 g/mol. The molecule has 27 heavy (non-hydrogen) atoms. The van der Waals surface area contributed by atoms with Gasteiger partial charge in [-0.1, -0.05) is 61.2 Å². The third-order valence-corrected chi connectivity index (χ3v) is 6.10. The molecule has 2 aromatic carbocycles. The third kappa shape index (κ3) is 3.35. The van der Waals surface area contributed by atoms with Crippen molar-refractivity contribution in [1.82, 2.24) is 0 Å². The molecule has 0 N–H and O–H groups in total. The zero-order chi connectivity index (χ0) is 18.8. The van der Waals surface area contributed by atoms with Gasteiger partial charge in [-0.25, -0.2) is 0 Å². The highest BCUT2D eigenvalue weighted by molar-refractivity contribution is 6.03. The second-order valence-electron chi connectivity index (χ2n) is 7.65. The van der Waals surface area contributed by atoms with Crippen LogP contribution in [0.4, 0.5) is 0 Å². The first-order valence-corrected chi connectivity index (χ1v) is 9.91. The van der Waals surface area contributed by atoms with Crippen molar-refractivity contribution in [1.29, 1.82) is 0 Å². The summed E-state index contributed by atoms with van der Waals surface area (Å²) in [5.41, 5.74) is 11.4.